The van der Waals surface area contributed by atoms with E-state index in [-0.39, 0.29) is 5.91 Å². The van der Waals surface area contributed by atoms with Gasteiger partial charge in [0.15, 0.2) is 5.82 Å². The Morgan fingerprint density at radius 1 is 0.939 bits per heavy atom. The maximum absolute atomic E-state index is 12.8. The summed E-state index contributed by atoms with van der Waals surface area (Å²) < 4.78 is 0. The van der Waals surface area contributed by atoms with Gasteiger partial charge in [0.1, 0.15) is 0 Å². The molecule has 0 radical (unpaired) electrons. The molecule has 0 unspecified atom stereocenters. The summed E-state index contributed by atoms with van der Waals surface area (Å²) in [6.07, 6.45) is 2.72. The molecule has 5 heteroatoms. The number of rotatable bonds is 5. The zero-order valence-electron chi connectivity index (χ0n) is 18.9. The molecule has 2 heterocycles. The number of nitrogens with one attached hydrogen (secondary N) is 1. The molecule has 1 aliphatic rings. The lowest BCUT2D eigenvalue weighted by Gasteiger charge is -2.30. The first-order valence-corrected chi connectivity index (χ1v) is 11.6. The zero-order valence-corrected chi connectivity index (χ0v) is 18.9. The molecule has 33 heavy (non-hydrogen) atoms. The highest BCUT2D eigenvalue weighted by atomic mass is 16.1. The summed E-state index contributed by atoms with van der Waals surface area (Å²) in [7, 11) is 0. The van der Waals surface area contributed by atoms with Gasteiger partial charge in [0.2, 0.25) is 5.91 Å². The highest BCUT2D eigenvalue weighted by Gasteiger charge is 2.17. The van der Waals surface area contributed by atoms with Crippen LogP contribution in [0.3, 0.4) is 0 Å². The second-order valence-corrected chi connectivity index (χ2v) is 8.89. The number of hydrogen-bond donors (Lipinski definition) is 1. The lowest BCUT2D eigenvalue weighted by atomic mass is 9.99. The molecule has 166 valence electrons. The number of piperidine rings is 1. The predicted octanol–water partition coefficient (Wildman–Crippen LogP) is 5.71. The number of carbonyl (C=O) groups is 1. The average Bonchev–Trinajstić information content (AvgIpc) is 2.85. The molecule has 1 N–H and O–H groups in total. The van der Waals surface area contributed by atoms with Crippen molar-refractivity contribution in [2.75, 3.05) is 23.3 Å². The van der Waals surface area contributed by atoms with E-state index < -0.39 is 0 Å². The molecular formula is C28H28N4O. The van der Waals surface area contributed by atoms with Gasteiger partial charge in [0.25, 0.3) is 0 Å². The number of anilines is 2. The molecule has 1 aliphatic heterocycles. The molecule has 1 saturated heterocycles. The van der Waals surface area contributed by atoms with Gasteiger partial charge in [-0.2, -0.15) is 0 Å². The normalized spacial score (nSPS) is 14.4. The third-order valence-electron chi connectivity index (χ3n) is 6.43. The monoisotopic (exact) mass is 436 g/mol. The Labute approximate surface area is 194 Å². The first-order valence-electron chi connectivity index (χ1n) is 11.6. The van der Waals surface area contributed by atoms with Crippen molar-refractivity contribution >= 4 is 28.2 Å². The van der Waals surface area contributed by atoms with E-state index in [1.165, 1.54) is 12.8 Å². The van der Waals surface area contributed by atoms with Gasteiger partial charge in [-0.1, -0.05) is 61.5 Å². The van der Waals surface area contributed by atoms with E-state index >= 15 is 0 Å². The average molecular weight is 437 g/mol. The fourth-order valence-electron chi connectivity index (χ4n) is 4.47. The summed E-state index contributed by atoms with van der Waals surface area (Å²) in [6.45, 7) is 4.38. The second kappa shape index (κ2) is 9.41. The molecule has 1 fully saturated rings. The molecule has 0 bridgehead atoms. The lowest BCUT2D eigenvalue weighted by molar-refractivity contribution is -0.115. The zero-order chi connectivity index (χ0) is 22.6. The minimum Gasteiger partial charge on any atom is -0.355 e. The molecule has 0 saturated carbocycles. The summed E-state index contributed by atoms with van der Waals surface area (Å²) in [5.41, 5.74) is 3.52. The van der Waals surface area contributed by atoms with Gasteiger partial charge in [0, 0.05) is 24.3 Å². The maximum atomic E-state index is 12.8. The molecule has 1 amide bonds. The first kappa shape index (κ1) is 21.1. The Morgan fingerprint density at radius 2 is 1.73 bits per heavy atom. The van der Waals surface area contributed by atoms with E-state index in [1.54, 1.807) is 0 Å². The SMILES string of the molecule is CC1CCN(c2ccc(-c3cccc(NC(=O)Cc4cccc5ccccc45)c3)nn2)CC1. The van der Waals surface area contributed by atoms with Gasteiger partial charge in [0.05, 0.1) is 12.1 Å². The maximum Gasteiger partial charge on any atom is 0.228 e. The Balaban J connectivity index is 1.27. The molecule has 0 aliphatic carbocycles. The van der Waals surface area contributed by atoms with E-state index in [1.807, 2.05) is 60.7 Å². The smallest absolute Gasteiger partial charge is 0.228 e. The van der Waals surface area contributed by atoms with Crippen molar-refractivity contribution < 1.29 is 4.79 Å². The number of aromatic nitrogens is 2. The van der Waals surface area contributed by atoms with Crippen LogP contribution in [0.25, 0.3) is 22.0 Å². The summed E-state index contributed by atoms with van der Waals surface area (Å²) >= 11 is 0. The van der Waals surface area contributed by atoms with Crippen molar-refractivity contribution in [1.82, 2.24) is 10.2 Å². The van der Waals surface area contributed by atoms with Gasteiger partial charge in [-0.3, -0.25) is 4.79 Å². The summed E-state index contributed by atoms with van der Waals surface area (Å²) in [4.78, 5) is 15.1. The quantitative estimate of drug-likeness (QED) is 0.435. The van der Waals surface area contributed by atoms with Crippen LogP contribution in [-0.4, -0.2) is 29.2 Å². The molecule has 4 aromatic rings. The van der Waals surface area contributed by atoms with Crippen molar-refractivity contribution in [3.05, 3.63) is 84.4 Å². The molecule has 1 aromatic heterocycles. The molecule has 0 spiro atoms. The third-order valence-corrected chi connectivity index (χ3v) is 6.43. The third kappa shape index (κ3) is 4.87. The van der Waals surface area contributed by atoms with Crippen LogP contribution in [0.15, 0.2) is 78.9 Å². The molecular weight excluding hydrogens is 408 g/mol. The number of nitrogens with zero attached hydrogens (tertiary/aromatic N) is 3. The van der Waals surface area contributed by atoms with Crippen LogP contribution in [0.1, 0.15) is 25.3 Å². The van der Waals surface area contributed by atoms with Crippen LogP contribution in [0.2, 0.25) is 0 Å². The second-order valence-electron chi connectivity index (χ2n) is 8.89. The van der Waals surface area contributed by atoms with E-state index in [4.69, 9.17) is 0 Å². The van der Waals surface area contributed by atoms with Crippen LogP contribution in [0, 0.1) is 5.92 Å². The standard InChI is InChI=1S/C28H28N4O/c1-20-14-16-32(17-15-20)27-13-12-26(30-31-27)23-9-5-10-24(18-23)29-28(33)19-22-8-4-7-21-6-2-3-11-25(21)22/h2-13,18,20H,14-17,19H2,1H3,(H,29,33). The van der Waals surface area contributed by atoms with Crippen LogP contribution in [0.5, 0.6) is 0 Å². The van der Waals surface area contributed by atoms with Gasteiger partial charge >= 0.3 is 0 Å². The number of fused-ring (bicyclic) bond motifs is 1. The minimum absolute atomic E-state index is 0.0377. The van der Waals surface area contributed by atoms with Crippen LogP contribution in [0.4, 0.5) is 11.5 Å². The molecule has 3 aromatic carbocycles. The van der Waals surface area contributed by atoms with E-state index in [2.05, 4.69) is 45.5 Å². The minimum atomic E-state index is -0.0377. The van der Waals surface area contributed by atoms with Crippen LogP contribution >= 0.6 is 0 Å². The van der Waals surface area contributed by atoms with Gasteiger partial charge in [-0.15, -0.1) is 10.2 Å². The van der Waals surface area contributed by atoms with Crippen molar-refractivity contribution in [1.29, 1.82) is 0 Å². The molecule has 5 nitrogen and oxygen atoms in total. The predicted molar refractivity (Wildman–Crippen MR) is 134 cm³/mol. The van der Waals surface area contributed by atoms with Crippen molar-refractivity contribution in [3.63, 3.8) is 0 Å². The fraction of sp³-hybridized carbons (Fsp3) is 0.250. The van der Waals surface area contributed by atoms with E-state index in [9.17, 15) is 4.79 Å². The largest absolute Gasteiger partial charge is 0.355 e. The number of carbonyl (C=O) groups excluding carboxylic acids is 1. The van der Waals surface area contributed by atoms with E-state index in [0.29, 0.717) is 6.42 Å². The Kier molecular flexibility index (Phi) is 6.03. The van der Waals surface area contributed by atoms with Gasteiger partial charge in [-0.25, -0.2) is 0 Å². The van der Waals surface area contributed by atoms with Crippen molar-refractivity contribution in [3.8, 4) is 11.3 Å². The highest BCUT2D eigenvalue weighted by molar-refractivity contribution is 5.96. The Bertz CT molecular complexity index is 1260. The summed E-state index contributed by atoms with van der Waals surface area (Å²) in [5.74, 6) is 1.68. The fourth-order valence-corrected chi connectivity index (χ4v) is 4.47. The Hall–Kier alpha value is -3.73. The summed E-state index contributed by atoms with van der Waals surface area (Å²) in [5, 5.41) is 14.2. The number of hydrogen-bond acceptors (Lipinski definition) is 4. The lowest BCUT2D eigenvalue weighted by Crippen LogP contribution is -2.33. The van der Waals surface area contributed by atoms with Crippen LogP contribution in [-0.2, 0) is 11.2 Å². The van der Waals surface area contributed by atoms with Crippen molar-refractivity contribution in [2.24, 2.45) is 5.92 Å². The Morgan fingerprint density at radius 3 is 2.55 bits per heavy atom. The highest BCUT2D eigenvalue weighted by Crippen LogP contribution is 2.25. The van der Waals surface area contributed by atoms with Crippen LogP contribution < -0.4 is 10.2 Å². The number of benzene rings is 3. The number of amides is 1. The summed E-state index contributed by atoms with van der Waals surface area (Å²) in [6, 6.07) is 26.1. The first-order chi connectivity index (χ1) is 16.2. The van der Waals surface area contributed by atoms with Gasteiger partial charge < -0.3 is 10.2 Å². The van der Waals surface area contributed by atoms with Crippen molar-refractivity contribution in [2.45, 2.75) is 26.2 Å². The molecule has 5 rings (SSSR count). The van der Waals surface area contributed by atoms with E-state index in [0.717, 1.165) is 58.1 Å². The van der Waals surface area contributed by atoms with Gasteiger partial charge in [-0.05, 0) is 59.4 Å². The topological polar surface area (TPSA) is 58.1 Å². The molecule has 0 atom stereocenters.